The number of hydrogen-bond donors (Lipinski definition) is 0. The van der Waals surface area contributed by atoms with Gasteiger partial charge < -0.3 is 14.2 Å². The molecule has 3 rings (SSSR count). The summed E-state index contributed by atoms with van der Waals surface area (Å²) in [7, 11) is -1.46. The Bertz CT molecular complexity index is 970. The number of sulfone groups is 1. The summed E-state index contributed by atoms with van der Waals surface area (Å²) in [5.74, 6) is 1.70. The van der Waals surface area contributed by atoms with Crippen LogP contribution in [0.2, 0.25) is 0 Å². The zero-order valence-electron chi connectivity index (χ0n) is 16.4. The molecule has 1 aliphatic rings. The van der Waals surface area contributed by atoms with Crippen molar-refractivity contribution in [3.05, 3.63) is 42.8 Å². The lowest BCUT2D eigenvalue weighted by atomic mass is 10.1. The Kier molecular flexibility index (Phi) is 6.68. The van der Waals surface area contributed by atoms with Gasteiger partial charge in [-0.2, -0.15) is 4.98 Å². The van der Waals surface area contributed by atoms with Gasteiger partial charge in [0.15, 0.2) is 9.84 Å². The first kappa shape index (κ1) is 21.0. The van der Waals surface area contributed by atoms with Gasteiger partial charge in [-0.25, -0.2) is 8.42 Å². The normalized spacial score (nSPS) is 17.8. The molecule has 1 saturated heterocycles. The summed E-state index contributed by atoms with van der Waals surface area (Å²) >= 11 is 0. The van der Waals surface area contributed by atoms with E-state index in [1.807, 2.05) is 24.3 Å². The summed E-state index contributed by atoms with van der Waals surface area (Å²) in [4.78, 5) is 18.6. The van der Waals surface area contributed by atoms with Gasteiger partial charge in [-0.1, -0.05) is 23.4 Å². The number of ether oxygens (including phenoxy) is 1. The molecular weight excluding hydrogens is 394 g/mol. The quantitative estimate of drug-likeness (QED) is 0.575. The Morgan fingerprint density at radius 2 is 2.28 bits per heavy atom. The van der Waals surface area contributed by atoms with Crippen LogP contribution in [0.25, 0.3) is 11.4 Å². The van der Waals surface area contributed by atoms with E-state index in [9.17, 15) is 13.2 Å². The molecule has 1 aromatic carbocycles. The van der Waals surface area contributed by atoms with Gasteiger partial charge >= 0.3 is 0 Å². The van der Waals surface area contributed by atoms with E-state index in [1.165, 1.54) is 0 Å². The van der Waals surface area contributed by atoms with Gasteiger partial charge in [0.1, 0.15) is 5.75 Å². The zero-order valence-corrected chi connectivity index (χ0v) is 17.2. The molecule has 1 fully saturated rings. The van der Waals surface area contributed by atoms with Crippen LogP contribution in [0.1, 0.15) is 25.2 Å². The van der Waals surface area contributed by atoms with E-state index in [-0.39, 0.29) is 29.9 Å². The van der Waals surface area contributed by atoms with Crippen LogP contribution in [-0.4, -0.2) is 60.6 Å². The largest absolute Gasteiger partial charge is 0.497 e. The Balaban J connectivity index is 1.55. The van der Waals surface area contributed by atoms with Crippen LogP contribution < -0.4 is 4.74 Å². The van der Waals surface area contributed by atoms with Crippen molar-refractivity contribution in [1.82, 2.24) is 15.0 Å². The van der Waals surface area contributed by atoms with Gasteiger partial charge in [-0.3, -0.25) is 4.79 Å². The van der Waals surface area contributed by atoms with Gasteiger partial charge in [-0.05, 0) is 25.0 Å². The third kappa shape index (κ3) is 5.44. The molecule has 0 bridgehead atoms. The van der Waals surface area contributed by atoms with Crippen LogP contribution in [0.5, 0.6) is 5.75 Å². The fourth-order valence-electron chi connectivity index (χ4n) is 3.39. The van der Waals surface area contributed by atoms with Crippen LogP contribution in [-0.2, 0) is 21.1 Å². The number of amides is 1. The number of carbonyl (C=O) groups is 1. The molecular formula is C20H25N3O5S. The first-order valence-corrected chi connectivity index (χ1v) is 11.3. The van der Waals surface area contributed by atoms with Crippen LogP contribution in [0.4, 0.5) is 0 Å². The first-order valence-electron chi connectivity index (χ1n) is 9.49. The van der Waals surface area contributed by atoms with Crippen molar-refractivity contribution < 1.29 is 22.5 Å². The Labute approximate surface area is 170 Å². The molecule has 29 heavy (non-hydrogen) atoms. The molecule has 0 saturated carbocycles. The number of nitrogens with zero attached hydrogens (tertiary/aromatic N) is 3. The average Bonchev–Trinajstić information content (AvgIpc) is 3.32. The molecule has 1 atom stereocenters. The summed E-state index contributed by atoms with van der Waals surface area (Å²) in [6.45, 7) is 4.02. The van der Waals surface area contributed by atoms with Gasteiger partial charge in [0.2, 0.25) is 17.6 Å². The number of aryl methyl sites for hydroxylation is 1. The molecule has 1 amide bonds. The van der Waals surface area contributed by atoms with Crippen LogP contribution >= 0.6 is 0 Å². The summed E-state index contributed by atoms with van der Waals surface area (Å²) in [6, 6.07) is 7.10. The van der Waals surface area contributed by atoms with Crippen molar-refractivity contribution in [3.8, 4) is 17.1 Å². The number of hydrogen-bond acceptors (Lipinski definition) is 7. The second-order valence-electron chi connectivity index (χ2n) is 6.99. The lowest BCUT2D eigenvalue weighted by Gasteiger charge is -2.27. The SMILES string of the molecule is C=CCN(C(=O)CCCc1nc(-c2cccc(OC)c2)no1)[C@@H]1CCS(=O)(=O)C1. The third-order valence-corrected chi connectivity index (χ3v) is 6.62. The molecule has 0 aliphatic carbocycles. The Hall–Kier alpha value is -2.68. The molecule has 0 N–H and O–H groups in total. The molecule has 2 aromatic rings. The maximum absolute atomic E-state index is 12.6. The summed E-state index contributed by atoms with van der Waals surface area (Å²) in [6.07, 6.45) is 3.39. The lowest BCUT2D eigenvalue weighted by Crippen LogP contribution is -2.41. The van der Waals surface area contributed by atoms with E-state index in [0.29, 0.717) is 43.3 Å². The maximum Gasteiger partial charge on any atom is 0.226 e. The fourth-order valence-corrected chi connectivity index (χ4v) is 5.12. The minimum absolute atomic E-state index is 0.0279. The van der Waals surface area contributed by atoms with Gasteiger partial charge in [0.25, 0.3) is 0 Å². The lowest BCUT2D eigenvalue weighted by molar-refractivity contribution is -0.132. The third-order valence-electron chi connectivity index (χ3n) is 4.87. The van der Waals surface area contributed by atoms with E-state index in [2.05, 4.69) is 16.7 Å². The Morgan fingerprint density at radius 1 is 1.45 bits per heavy atom. The highest BCUT2D eigenvalue weighted by Gasteiger charge is 2.33. The Morgan fingerprint density at radius 3 is 2.97 bits per heavy atom. The van der Waals surface area contributed by atoms with Gasteiger partial charge in [0.05, 0.1) is 18.6 Å². The highest BCUT2D eigenvalue weighted by molar-refractivity contribution is 7.91. The van der Waals surface area contributed by atoms with Crippen molar-refractivity contribution in [2.75, 3.05) is 25.2 Å². The van der Waals surface area contributed by atoms with Crippen LogP contribution in [0, 0.1) is 0 Å². The van der Waals surface area contributed by atoms with E-state index >= 15 is 0 Å². The number of benzene rings is 1. The summed E-state index contributed by atoms with van der Waals surface area (Å²) in [5, 5.41) is 3.99. The van der Waals surface area contributed by atoms with E-state index < -0.39 is 9.84 Å². The first-order chi connectivity index (χ1) is 13.9. The summed E-state index contributed by atoms with van der Waals surface area (Å²) in [5.41, 5.74) is 0.787. The fraction of sp³-hybridized carbons (Fsp3) is 0.450. The van der Waals surface area contributed by atoms with Crippen molar-refractivity contribution >= 4 is 15.7 Å². The molecule has 2 heterocycles. The minimum Gasteiger partial charge on any atom is -0.497 e. The zero-order chi connectivity index (χ0) is 20.9. The molecule has 8 nitrogen and oxygen atoms in total. The topological polar surface area (TPSA) is 103 Å². The highest BCUT2D eigenvalue weighted by atomic mass is 32.2. The summed E-state index contributed by atoms with van der Waals surface area (Å²) < 4.78 is 33.9. The highest BCUT2D eigenvalue weighted by Crippen LogP contribution is 2.22. The van der Waals surface area contributed by atoms with E-state index in [4.69, 9.17) is 9.26 Å². The van der Waals surface area contributed by atoms with Gasteiger partial charge in [0, 0.05) is 31.0 Å². The number of methoxy groups -OCH3 is 1. The van der Waals surface area contributed by atoms with Crippen molar-refractivity contribution in [3.63, 3.8) is 0 Å². The van der Waals surface area contributed by atoms with Crippen LogP contribution in [0.15, 0.2) is 41.4 Å². The van der Waals surface area contributed by atoms with E-state index in [0.717, 1.165) is 5.56 Å². The molecule has 9 heteroatoms. The molecule has 0 radical (unpaired) electrons. The van der Waals surface area contributed by atoms with E-state index in [1.54, 1.807) is 18.1 Å². The van der Waals surface area contributed by atoms with Crippen molar-refractivity contribution in [2.45, 2.75) is 31.7 Å². The standard InChI is InChI=1S/C20H25N3O5S/c1-3-11-23(16-10-12-29(25,26)14-16)19(24)9-5-8-18-21-20(22-28-18)15-6-4-7-17(13-15)27-2/h3-4,6-7,13,16H,1,5,8-12,14H2,2H3/t16-/m1/s1. The molecule has 0 spiro atoms. The van der Waals surface area contributed by atoms with Crippen molar-refractivity contribution in [2.24, 2.45) is 0 Å². The number of aromatic nitrogens is 2. The molecule has 0 unspecified atom stereocenters. The minimum atomic E-state index is -3.05. The molecule has 1 aromatic heterocycles. The van der Waals surface area contributed by atoms with Gasteiger partial charge in [-0.15, -0.1) is 6.58 Å². The smallest absolute Gasteiger partial charge is 0.226 e. The van der Waals surface area contributed by atoms with Crippen molar-refractivity contribution in [1.29, 1.82) is 0 Å². The second-order valence-corrected chi connectivity index (χ2v) is 9.22. The second kappa shape index (κ2) is 9.21. The maximum atomic E-state index is 12.6. The molecule has 1 aliphatic heterocycles. The molecule has 156 valence electrons. The average molecular weight is 420 g/mol. The monoisotopic (exact) mass is 419 g/mol. The number of carbonyl (C=O) groups excluding carboxylic acids is 1. The predicted molar refractivity (Wildman–Crippen MR) is 108 cm³/mol. The number of rotatable bonds is 9. The van der Waals surface area contributed by atoms with Crippen LogP contribution in [0.3, 0.4) is 0 Å². The predicted octanol–water partition coefficient (Wildman–Crippen LogP) is 2.27.